The van der Waals surface area contributed by atoms with Gasteiger partial charge in [-0.05, 0) is 163 Å². The van der Waals surface area contributed by atoms with Gasteiger partial charge in [-0.3, -0.25) is 0 Å². The summed E-state index contributed by atoms with van der Waals surface area (Å²) in [6.07, 6.45) is 0. The molecule has 0 aliphatic carbocycles. The molecule has 17 aromatic rings. The average molecular weight is 1070 g/mol. The number of furan rings is 2. The van der Waals surface area contributed by atoms with E-state index in [1.807, 2.05) is 0 Å². The molecular weight excluding hydrogens is 969 g/mol. The quantitative estimate of drug-likeness (QED) is 0.161. The van der Waals surface area contributed by atoms with E-state index < -0.39 is 454 Å². The molecule has 0 aliphatic heterocycles. The molecule has 2 heterocycles. The summed E-state index contributed by atoms with van der Waals surface area (Å²) < 4.78 is 437. The molecule has 15 aromatic carbocycles. The number of benzene rings is 15. The van der Waals surface area contributed by atoms with Gasteiger partial charge in [0.2, 0.25) is 0 Å². The van der Waals surface area contributed by atoms with Crippen LogP contribution in [0.25, 0.3) is 164 Å². The van der Waals surface area contributed by atoms with Gasteiger partial charge in [-0.15, -0.1) is 0 Å². The highest BCUT2D eigenvalue weighted by Gasteiger charge is 2.22. The zero-order chi connectivity index (χ0) is 94.4. The number of hydrogen-bond acceptors (Lipinski definition) is 2. The van der Waals surface area contributed by atoms with Gasteiger partial charge in [0.25, 0.3) is 0 Å². The highest BCUT2D eigenvalue weighted by Crippen LogP contribution is 2.49. The van der Waals surface area contributed by atoms with Crippen molar-refractivity contribution in [3.63, 3.8) is 0 Å². The first-order valence-electron chi connectivity index (χ1n) is 47.6. The van der Waals surface area contributed by atoms with E-state index in [0.29, 0.717) is 0 Å². The van der Waals surface area contributed by atoms with E-state index >= 15 is 0 Å². The van der Waals surface area contributed by atoms with E-state index in [-0.39, 0.29) is 0 Å². The maximum atomic E-state index is 9.66. The molecule has 0 bridgehead atoms. The Kier molecular flexibility index (Phi) is 4.31. The molecule has 0 saturated heterocycles. The van der Waals surface area contributed by atoms with Crippen molar-refractivity contribution in [2.24, 2.45) is 0 Å². The Morgan fingerprint density at radius 3 is 0.963 bits per heavy atom. The highest BCUT2D eigenvalue weighted by molar-refractivity contribution is 6.27. The van der Waals surface area contributed by atoms with Crippen molar-refractivity contribution in [1.82, 2.24) is 0 Å². The lowest BCUT2D eigenvalue weighted by atomic mass is 9.84. The monoisotopic (exact) mass is 1060 g/mol. The summed E-state index contributed by atoms with van der Waals surface area (Å²) in [6.45, 7) is 0. The molecule has 0 amide bonds. The average Bonchev–Trinajstić information content (AvgIpc) is 1.05. The number of hydrogen-bond donors (Lipinski definition) is 0. The van der Waals surface area contributed by atoms with Gasteiger partial charge in [0.05, 0.1) is 65.8 Å². The second-order valence-electron chi connectivity index (χ2n) is 17.3. The Bertz CT molecular complexity index is 8080. The van der Waals surface area contributed by atoms with E-state index in [4.69, 9.17) is 51.3 Å². The molecule has 0 fully saturated rings. The van der Waals surface area contributed by atoms with Gasteiger partial charge < -0.3 is 8.83 Å². The first-order chi connectivity index (χ1) is 59.7. The van der Waals surface area contributed by atoms with E-state index in [1.165, 1.54) is 0 Å². The van der Waals surface area contributed by atoms with Crippen LogP contribution in [0.5, 0.6) is 0 Å². The van der Waals surface area contributed by atoms with Crippen molar-refractivity contribution in [1.29, 1.82) is 0 Å². The molecule has 0 atom stereocenters. The van der Waals surface area contributed by atoms with Gasteiger partial charge in [0.1, 0.15) is 22.3 Å². The van der Waals surface area contributed by atoms with E-state index in [0.717, 1.165) is 0 Å². The molecule has 80 heavy (non-hydrogen) atoms. The summed E-state index contributed by atoms with van der Waals surface area (Å²) in [5.74, 6) is 0. The second-order valence-corrected chi connectivity index (χ2v) is 17.3. The zero-order valence-electron chi connectivity index (χ0n) is 87.8. The lowest BCUT2D eigenvalue weighted by Crippen LogP contribution is -1.91. The molecule has 2 aromatic heterocycles. The van der Waals surface area contributed by atoms with Crippen molar-refractivity contribution >= 4 is 109 Å². The van der Waals surface area contributed by atoms with E-state index in [9.17, 15) is 23.3 Å². The SMILES string of the molecule is [2H]c1c([2H])c([2H])c(-c2c([2H])c([2H])c3c([2H])c(-c4c5c([2H])c([2H])c([2H])c([2H])c5c(-c5c([2H])c([2H])c([2H])c6oc7c([2H])c([2H])c([2H])c([2H])c7c56)c5c([2H])c([2H])c([2H])c([2H])c45)c([2H])c([2H])c3c2[2H])c([2H])c1[2H].[2H]c1c([2H])c([2H])c2c(oc3c([2H])c([2H])c([2H])c(-c4c5c([2H])c([2H])c([2H])c([2H])c5c(-c5c([2H])c([2H])c6c([2H])c([2H])c([2H])c([2H])c6c5[2H])c5c([2H])c([2H])c([2H])c([2H])c45)c32)c1[2H]. The summed E-state index contributed by atoms with van der Waals surface area (Å²) in [5.41, 5.74) is -8.90. The minimum absolute atomic E-state index is 0.417. The third kappa shape index (κ3) is 7.34. The van der Waals surface area contributed by atoms with Crippen LogP contribution in [-0.4, -0.2) is 0 Å². The van der Waals surface area contributed by atoms with Crippen LogP contribution in [0.4, 0.5) is 0 Å². The molecule has 0 radical (unpaired) electrons. The zero-order valence-corrected chi connectivity index (χ0v) is 39.8. The third-order valence-corrected chi connectivity index (χ3v) is 13.0. The minimum Gasteiger partial charge on any atom is -0.456 e. The lowest BCUT2D eigenvalue weighted by molar-refractivity contribution is 0.668. The summed E-state index contributed by atoms with van der Waals surface area (Å²) in [5, 5.41) is -9.59. The topological polar surface area (TPSA) is 26.3 Å². The van der Waals surface area contributed by atoms with Crippen molar-refractivity contribution in [2.75, 3.05) is 0 Å². The molecule has 0 saturated carbocycles. The van der Waals surface area contributed by atoms with Crippen LogP contribution in [0.3, 0.4) is 0 Å². The van der Waals surface area contributed by atoms with Crippen molar-refractivity contribution < 1.29 is 74.6 Å². The number of fused-ring (bicyclic) bond motifs is 12. The first-order valence-corrected chi connectivity index (χ1v) is 23.6. The summed E-state index contributed by atoms with van der Waals surface area (Å²) in [7, 11) is 0. The molecule has 2 heteroatoms. The van der Waals surface area contributed by atoms with E-state index in [1.54, 1.807) is 0 Å². The van der Waals surface area contributed by atoms with Crippen LogP contribution >= 0.6 is 0 Å². The standard InChI is InChI=1S/C42H26O.C36H22O/c1-2-11-27(12-3-1)28-21-22-30-26-31(24-23-29(30)25-28)40-32-13-4-6-15-34(32)41(35-16-7-5-14-33(35)40)37-18-10-20-39-42(37)36-17-8-9-19-38(36)43-39;1-2-11-24-22-25(21-20-23(24)10-1)34-26-12-3-5-14-28(26)35(29-15-6-4-13-27(29)34)31-17-9-19-33-36(31)30-16-7-8-18-32(30)37-33/h1-26H;1-22H/i1D,2D,3D,4D,5D,6D,7D,8D,9D,10D,11D,12D,13D,14D,15D,16D,17D,18D,19D,20D,21D,22D,23D,24D,25D,26D;1D,2D,3D,4D,5D,6D,7D,8D,9D,10D,11D,12D,13D,14D,15D,16D,17D,18D,19D,20D,21D,22D. The Hall–Kier alpha value is -10.5. The van der Waals surface area contributed by atoms with Crippen LogP contribution < -0.4 is 0 Å². The maximum Gasteiger partial charge on any atom is 0.136 e. The third-order valence-electron chi connectivity index (χ3n) is 13.0. The molecule has 0 aliphatic rings. The Labute approximate surface area is 529 Å². The highest BCUT2D eigenvalue weighted by atomic mass is 16.3. The van der Waals surface area contributed by atoms with Crippen molar-refractivity contribution in [3.05, 3.63) is 290 Å². The fourth-order valence-electron chi connectivity index (χ4n) is 9.75. The van der Waals surface area contributed by atoms with Gasteiger partial charge in [-0.25, -0.2) is 0 Å². The largest absolute Gasteiger partial charge is 0.456 e. The van der Waals surface area contributed by atoms with Gasteiger partial charge in [0, 0.05) is 21.5 Å². The van der Waals surface area contributed by atoms with Gasteiger partial charge in [0.15, 0.2) is 0 Å². The predicted molar refractivity (Wildman–Crippen MR) is 340 cm³/mol. The van der Waals surface area contributed by atoms with Gasteiger partial charge in [-0.2, -0.15) is 0 Å². The van der Waals surface area contributed by atoms with Crippen LogP contribution in [-0.2, 0) is 0 Å². The Morgan fingerprint density at radius 2 is 0.512 bits per heavy atom. The van der Waals surface area contributed by atoms with Crippen LogP contribution in [0.1, 0.15) is 65.8 Å². The summed E-state index contributed by atoms with van der Waals surface area (Å²) >= 11 is 0. The number of para-hydroxylation sites is 2. The van der Waals surface area contributed by atoms with E-state index in [2.05, 4.69) is 0 Å². The smallest absolute Gasteiger partial charge is 0.136 e. The normalized spacial score (nSPS) is 20.1. The van der Waals surface area contributed by atoms with Crippen molar-refractivity contribution in [2.45, 2.75) is 0 Å². The lowest BCUT2D eigenvalue weighted by Gasteiger charge is -2.18. The maximum absolute atomic E-state index is 9.66. The minimum atomic E-state index is -1.03. The molecule has 372 valence electrons. The van der Waals surface area contributed by atoms with Crippen LogP contribution in [0.15, 0.2) is 299 Å². The van der Waals surface area contributed by atoms with Gasteiger partial charge in [-0.1, -0.05) is 248 Å². The fourth-order valence-corrected chi connectivity index (χ4v) is 9.75. The second kappa shape index (κ2) is 18.6. The summed E-state index contributed by atoms with van der Waals surface area (Å²) in [6, 6.07) is -42.0. The predicted octanol–water partition coefficient (Wildman–Crippen LogP) is 22.4. The molecule has 0 N–H and O–H groups in total. The summed E-state index contributed by atoms with van der Waals surface area (Å²) in [4.78, 5) is 0. The molecule has 0 spiro atoms. The van der Waals surface area contributed by atoms with Crippen LogP contribution in [0.2, 0.25) is 0 Å². The Morgan fingerprint density at radius 1 is 0.200 bits per heavy atom. The van der Waals surface area contributed by atoms with Gasteiger partial charge >= 0.3 is 0 Å². The molecule has 0 unspecified atom stereocenters. The molecular formula is C78H48O2. The molecule has 17 rings (SSSR count). The van der Waals surface area contributed by atoms with Crippen LogP contribution in [0, 0.1) is 0 Å². The molecule has 2 nitrogen and oxygen atoms in total. The fraction of sp³-hybridized carbons (Fsp3) is 0. The first kappa shape index (κ1) is 18.6. The Balaban J connectivity index is 0.000000190. The van der Waals surface area contributed by atoms with Crippen molar-refractivity contribution in [3.8, 4) is 55.6 Å². The number of rotatable bonds is 5.